The van der Waals surface area contributed by atoms with Gasteiger partial charge in [0.25, 0.3) is 0 Å². The van der Waals surface area contributed by atoms with Gasteiger partial charge in [0.1, 0.15) is 22.6 Å². The first-order chi connectivity index (χ1) is 10.6. The van der Waals surface area contributed by atoms with Crippen LogP contribution in [0.15, 0.2) is 24.3 Å². The number of aliphatic hydroxyl groups excluding tert-OH is 1. The number of ether oxygens (including phenoxy) is 1. The Bertz CT molecular complexity index is 620. The fraction of sp³-hybridized carbons (Fsp3) is 0.333. The van der Waals surface area contributed by atoms with Gasteiger partial charge in [-0.05, 0) is 18.6 Å². The number of halogens is 2. The van der Waals surface area contributed by atoms with Crippen molar-refractivity contribution in [3.05, 3.63) is 52.2 Å². The van der Waals surface area contributed by atoms with Gasteiger partial charge in [0.05, 0.1) is 19.8 Å². The summed E-state index contributed by atoms with van der Waals surface area (Å²) < 4.78 is 19.0. The van der Waals surface area contributed by atoms with E-state index in [4.69, 9.17) is 21.4 Å². The van der Waals surface area contributed by atoms with Crippen LogP contribution in [0.4, 0.5) is 10.2 Å². The first-order valence-corrected chi connectivity index (χ1v) is 7.17. The van der Waals surface area contributed by atoms with Crippen molar-refractivity contribution in [3.8, 4) is 0 Å². The van der Waals surface area contributed by atoms with Gasteiger partial charge in [0.2, 0.25) is 0 Å². The van der Waals surface area contributed by atoms with Gasteiger partial charge in [0.15, 0.2) is 0 Å². The number of aryl methyl sites for hydroxylation is 1. The molecule has 2 N–H and O–H groups in total. The van der Waals surface area contributed by atoms with Gasteiger partial charge in [-0.3, -0.25) is 0 Å². The number of hydrogen-bond acceptors (Lipinski definition) is 5. The number of aliphatic hydroxyl groups is 1. The van der Waals surface area contributed by atoms with Gasteiger partial charge in [-0.15, -0.1) is 0 Å². The zero-order valence-corrected chi connectivity index (χ0v) is 12.9. The number of rotatable bonds is 7. The van der Waals surface area contributed by atoms with E-state index in [0.29, 0.717) is 28.9 Å². The predicted molar refractivity (Wildman–Crippen MR) is 82.2 cm³/mol. The molecule has 0 atom stereocenters. The lowest BCUT2D eigenvalue weighted by atomic mass is 10.1. The van der Waals surface area contributed by atoms with Crippen LogP contribution in [0.2, 0.25) is 5.15 Å². The summed E-state index contributed by atoms with van der Waals surface area (Å²) in [6.07, 6.45) is 0. The molecule has 0 radical (unpaired) electrons. The summed E-state index contributed by atoms with van der Waals surface area (Å²) in [7, 11) is 0. The molecule has 2 aromatic rings. The van der Waals surface area contributed by atoms with Gasteiger partial charge in [-0.1, -0.05) is 23.7 Å². The maximum Gasteiger partial charge on any atom is 0.134 e. The summed E-state index contributed by atoms with van der Waals surface area (Å²) in [6.45, 7) is 2.42. The van der Waals surface area contributed by atoms with E-state index in [1.54, 1.807) is 19.1 Å². The Balaban J connectivity index is 1.97. The monoisotopic (exact) mass is 325 g/mol. The minimum Gasteiger partial charge on any atom is -0.394 e. The molecule has 2 rings (SSSR count). The first kappa shape index (κ1) is 16.6. The van der Waals surface area contributed by atoms with Gasteiger partial charge < -0.3 is 15.2 Å². The van der Waals surface area contributed by atoms with Crippen LogP contribution in [-0.2, 0) is 17.9 Å². The number of hydrogen-bond donors (Lipinski definition) is 2. The smallest absolute Gasteiger partial charge is 0.134 e. The molecule has 1 aromatic heterocycles. The lowest BCUT2D eigenvalue weighted by Gasteiger charge is -2.09. The molecule has 0 bridgehead atoms. The van der Waals surface area contributed by atoms with Crippen LogP contribution in [0.1, 0.15) is 17.0 Å². The summed E-state index contributed by atoms with van der Waals surface area (Å²) in [6, 6.07) is 6.54. The fourth-order valence-electron chi connectivity index (χ4n) is 1.88. The zero-order chi connectivity index (χ0) is 15.9. The molecule has 0 aliphatic heterocycles. The molecule has 0 spiro atoms. The van der Waals surface area contributed by atoms with Gasteiger partial charge in [-0.2, -0.15) is 0 Å². The van der Waals surface area contributed by atoms with E-state index < -0.39 is 0 Å². The van der Waals surface area contributed by atoms with Crippen molar-refractivity contribution in [1.82, 2.24) is 9.97 Å². The number of nitrogens with zero attached hydrogens (tertiary/aromatic N) is 2. The fourth-order valence-corrected chi connectivity index (χ4v) is 2.10. The quantitative estimate of drug-likeness (QED) is 0.605. The molecule has 0 unspecified atom stereocenters. The Labute approximate surface area is 133 Å². The minimum atomic E-state index is -0.339. The molecule has 7 heteroatoms. The summed E-state index contributed by atoms with van der Waals surface area (Å²) in [5.74, 6) is 0.819. The first-order valence-electron chi connectivity index (χ1n) is 6.79. The Morgan fingerprint density at radius 1 is 1.32 bits per heavy atom. The third-order valence-corrected chi connectivity index (χ3v) is 3.08. The Kier molecular flexibility index (Phi) is 6.06. The van der Waals surface area contributed by atoms with E-state index in [9.17, 15) is 4.39 Å². The molecule has 0 saturated heterocycles. The van der Waals surface area contributed by atoms with E-state index in [1.807, 2.05) is 6.07 Å². The van der Waals surface area contributed by atoms with Crippen molar-refractivity contribution < 1.29 is 14.2 Å². The molecule has 0 amide bonds. The van der Waals surface area contributed by atoms with Crippen molar-refractivity contribution in [2.24, 2.45) is 0 Å². The van der Waals surface area contributed by atoms with Crippen molar-refractivity contribution in [2.45, 2.75) is 20.1 Å². The number of nitrogens with one attached hydrogen (secondary N) is 1. The predicted octanol–water partition coefficient (Wildman–Crippen LogP) is 2.70. The highest BCUT2D eigenvalue weighted by Gasteiger charge is 2.05. The van der Waals surface area contributed by atoms with Crippen molar-refractivity contribution in [2.75, 3.05) is 18.5 Å². The largest absolute Gasteiger partial charge is 0.394 e. The second-order valence-electron chi connectivity index (χ2n) is 4.68. The Morgan fingerprint density at radius 3 is 2.82 bits per heavy atom. The highest BCUT2D eigenvalue weighted by molar-refractivity contribution is 6.29. The molecule has 118 valence electrons. The molecular weight excluding hydrogens is 309 g/mol. The van der Waals surface area contributed by atoms with Crippen molar-refractivity contribution in [3.63, 3.8) is 0 Å². The highest BCUT2D eigenvalue weighted by Crippen LogP contribution is 2.15. The second-order valence-corrected chi connectivity index (χ2v) is 5.07. The summed E-state index contributed by atoms with van der Waals surface area (Å²) in [4.78, 5) is 8.17. The van der Waals surface area contributed by atoms with Crippen LogP contribution in [0, 0.1) is 12.7 Å². The maximum absolute atomic E-state index is 13.9. The van der Waals surface area contributed by atoms with E-state index in [-0.39, 0.29) is 25.6 Å². The number of aromatic nitrogens is 2. The number of benzene rings is 1. The normalized spacial score (nSPS) is 10.7. The highest BCUT2D eigenvalue weighted by atomic mass is 35.5. The van der Waals surface area contributed by atoms with Gasteiger partial charge in [0, 0.05) is 18.2 Å². The van der Waals surface area contributed by atoms with Crippen LogP contribution >= 0.6 is 11.6 Å². The molecule has 22 heavy (non-hydrogen) atoms. The molecular formula is C15H17ClFN3O2. The Morgan fingerprint density at radius 2 is 2.14 bits per heavy atom. The average molecular weight is 326 g/mol. The molecule has 0 aliphatic carbocycles. The lowest BCUT2D eigenvalue weighted by Crippen LogP contribution is -2.05. The van der Waals surface area contributed by atoms with E-state index in [1.165, 1.54) is 6.07 Å². The molecule has 1 aromatic carbocycles. The van der Waals surface area contributed by atoms with Crippen LogP contribution in [0.5, 0.6) is 0 Å². The third-order valence-electron chi connectivity index (χ3n) is 2.89. The standard InChI is InChI=1S/C15H17ClFN3O2/c1-10-19-14(16)7-15(20-10)18-8-11-2-3-12(13(17)6-11)9-22-5-4-21/h2-3,6-7,21H,4-5,8-9H2,1H3,(H,18,19,20). The lowest BCUT2D eigenvalue weighted by molar-refractivity contribution is 0.0799. The summed E-state index contributed by atoms with van der Waals surface area (Å²) >= 11 is 5.86. The third kappa shape index (κ3) is 4.91. The van der Waals surface area contributed by atoms with Crippen molar-refractivity contribution >= 4 is 17.4 Å². The van der Waals surface area contributed by atoms with Crippen molar-refractivity contribution in [1.29, 1.82) is 0 Å². The van der Waals surface area contributed by atoms with E-state index in [2.05, 4.69) is 15.3 Å². The van der Waals surface area contributed by atoms with E-state index in [0.717, 1.165) is 5.56 Å². The average Bonchev–Trinajstić information content (AvgIpc) is 2.46. The zero-order valence-electron chi connectivity index (χ0n) is 12.1. The molecule has 0 fully saturated rings. The van der Waals surface area contributed by atoms with Crippen LogP contribution in [0.3, 0.4) is 0 Å². The summed E-state index contributed by atoms with van der Waals surface area (Å²) in [5, 5.41) is 12.1. The number of anilines is 1. The molecule has 0 saturated carbocycles. The van der Waals surface area contributed by atoms with Gasteiger partial charge >= 0.3 is 0 Å². The second kappa shape index (κ2) is 8.03. The molecule has 5 nitrogen and oxygen atoms in total. The minimum absolute atomic E-state index is 0.0788. The molecule has 0 aliphatic rings. The van der Waals surface area contributed by atoms with Crippen LogP contribution in [-0.4, -0.2) is 28.3 Å². The van der Waals surface area contributed by atoms with Crippen LogP contribution < -0.4 is 5.32 Å². The van der Waals surface area contributed by atoms with Gasteiger partial charge in [-0.25, -0.2) is 14.4 Å². The Hall–Kier alpha value is -1.76. The SMILES string of the molecule is Cc1nc(Cl)cc(NCc2ccc(COCCO)c(F)c2)n1. The molecule has 1 heterocycles. The topological polar surface area (TPSA) is 67.3 Å². The maximum atomic E-state index is 13.9. The van der Waals surface area contributed by atoms with E-state index >= 15 is 0 Å². The van der Waals surface area contributed by atoms with Crippen LogP contribution in [0.25, 0.3) is 0 Å². The summed E-state index contributed by atoms with van der Waals surface area (Å²) in [5.41, 5.74) is 1.23.